The summed E-state index contributed by atoms with van der Waals surface area (Å²) in [7, 11) is 4.58. The molecule has 0 N–H and O–H groups in total. The Kier molecular flexibility index (Phi) is 3.89. The molecule has 0 heterocycles. The molecule has 20 heavy (non-hydrogen) atoms. The van der Waals surface area contributed by atoms with Crippen LogP contribution >= 0.6 is 0 Å². The minimum atomic E-state index is -0.435. The molecule has 0 bridgehead atoms. The van der Waals surface area contributed by atoms with E-state index in [0.717, 1.165) is 10.8 Å². The molecule has 0 saturated heterocycles. The Bertz CT molecular complexity index is 664. The third-order valence-electron chi connectivity index (χ3n) is 2.80. The second-order valence-electron chi connectivity index (χ2n) is 4.48. The quantitative estimate of drug-likeness (QED) is 0.789. The van der Waals surface area contributed by atoms with E-state index in [1.54, 1.807) is 50.5 Å². The molecular formula is C15H15NO4. The van der Waals surface area contributed by atoms with E-state index in [9.17, 15) is 9.59 Å². The number of hydrogen-bond acceptors (Lipinski definition) is 4. The maximum atomic E-state index is 11.5. The number of esters is 1. The fourth-order valence-corrected chi connectivity index (χ4v) is 1.72. The summed E-state index contributed by atoms with van der Waals surface area (Å²) < 4.78 is 9.85. The largest absolute Gasteiger partial charge is 0.465 e. The van der Waals surface area contributed by atoms with Gasteiger partial charge in [-0.25, -0.2) is 9.59 Å². The average molecular weight is 273 g/mol. The second-order valence-corrected chi connectivity index (χ2v) is 4.48. The van der Waals surface area contributed by atoms with Gasteiger partial charge in [-0.2, -0.15) is 0 Å². The summed E-state index contributed by atoms with van der Waals surface area (Å²) in [6, 6.07) is 10.4. The summed E-state index contributed by atoms with van der Waals surface area (Å²) >= 11 is 0. The Balaban J connectivity index is 2.32. The van der Waals surface area contributed by atoms with Crippen LogP contribution < -0.4 is 4.74 Å². The summed E-state index contributed by atoms with van der Waals surface area (Å²) in [5, 5.41) is 1.75. The number of ether oxygens (including phenoxy) is 2. The molecule has 0 fully saturated rings. The maximum absolute atomic E-state index is 11.5. The van der Waals surface area contributed by atoms with Crippen molar-refractivity contribution < 1.29 is 19.1 Å². The van der Waals surface area contributed by atoms with Gasteiger partial charge in [0, 0.05) is 14.1 Å². The lowest BCUT2D eigenvalue weighted by molar-refractivity contribution is 0.0601. The highest BCUT2D eigenvalue weighted by molar-refractivity contribution is 5.95. The molecule has 0 aromatic heterocycles. The minimum Gasteiger partial charge on any atom is -0.465 e. The zero-order valence-electron chi connectivity index (χ0n) is 11.5. The zero-order valence-corrected chi connectivity index (χ0v) is 11.5. The highest BCUT2D eigenvalue weighted by Crippen LogP contribution is 2.22. The van der Waals surface area contributed by atoms with E-state index in [2.05, 4.69) is 4.74 Å². The van der Waals surface area contributed by atoms with Gasteiger partial charge >= 0.3 is 12.1 Å². The highest BCUT2D eigenvalue weighted by atomic mass is 16.6. The number of nitrogens with zero attached hydrogens (tertiary/aromatic N) is 1. The van der Waals surface area contributed by atoms with Gasteiger partial charge in [0.1, 0.15) is 5.75 Å². The summed E-state index contributed by atoms with van der Waals surface area (Å²) in [6.45, 7) is 0. The van der Waals surface area contributed by atoms with Crippen molar-refractivity contribution in [2.24, 2.45) is 0 Å². The van der Waals surface area contributed by atoms with Crippen LogP contribution in [0.15, 0.2) is 36.4 Å². The van der Waals surface area contributed by atoms with Crippen LogP contribution in [0.4, 0.5) is 4.79 Å². The molecule has 1 amide bonds. The number of carbonyl (C=O) groups is 2. The summed E-state index contributed by atoms with van der Waals surface area (Å²) in [4.78, 5) is 24.3. The summed E-state index contributed by atoms with van der Waals surface area (Å²) in [6.07, 6.45) is -0.435. The third-order valence-corrected chi connectivity index (χ3v) is 2.80. The van der Waals surface area contributed by atoms with Crippen LogP contribution in [0.3, 0.4) is 0 Å². The van der Waals surface area contributed by atoms with Crippen molar-refractivity contribution in [2.75, 3.05) is 21.2 Å². The predicted molar refractivity (Wildman–Crippen MR) is 75.0 cm³/mol. The van der Waals surface area contributed by atoms with Crippen molar-refractivity contribution >= 4 is 22.8 Å². The maximum Gasteiger partial charge on any atom is 0.414 e. The van der Waals surface area contributed by atoms with E-state index in [-0.39, 0.29) is 5.97 Å². The number of benzene rings is 2. The molecule has 5 nitrogen and oxygen atoms in total. The second kappa shape index (κ2) is 5.61. The van der Waals surface area contributed by atoms with Crippen molar-refractivity contribution in [2.45, 2.75) is 0 Å². The first-order valence-electron chi connectivity index (χ1n) is 6.02. The van der Waals surface area contributed by atoms with E-state index >= 15 is 0 Å². The standard InChI is InChI=1S/C15H15NO4/c1-16(2)15(18)20-13-7-6-10-8-12(14(17)19-3)5-4-11(10)9-13/h4-9H,1-3H3. The zero-order chi connectivity index (χ0) is 14.7. The first kappa shape index (κ1) is 13.9. The van der Waals surface area contributed by atoms with Gasteiger partial charge in [-0.3, -0.25) is 0 Å². The number of fused-ring (bicyclic) bond motifs is 1. The Morgan fingerprint density at radius 1 is 1.00 bits per heavy atom. The normalized spacial score (nSPS) is 10.2. The van der Waals surface area contributed by atoms with E-state index in [4.69, 9.17) is 4.74 Å². The Labute approximate surface area is 116 Å². The molecule has 0 aliphatic heterocycles. The van der Waals surface area contributed by atoms with Crippen LogP contribution in [0, 0.1) is 0 Å². The Hall–Kier alpha value is -2.56. The van der Waals surface area contributed by atoms with E-state index < -0.39 is 6.09 Å². The third kappa shape index (κ3) is 2.88. The van der Waals surface area contributed by atoms with Crippen LogP contribution in [0.2, 0.25) is 0 Å². The van der Waals surface area contributed by atoms with Crippen LogP contribution in [0.25, 0.3) is 10.8 Å². The van der Waals surface area contributed by atoms with Gasteiger partial charge in [0.05, 0.1) is 12.7 Å². The monoisotopic (exact) mass is 273 g/mol. The van der Waals surface area contributed by atoms with Gasteiger partial charge in [0.25, 0.3) is 0 Å². The number of amides is 1. The molecule has 2 aromatic rings. The smallest absolute Gasteiger partial charge is 0.414 e. The van der Waals surface area contributed by atoms with Crippen molar-refractivity contribution in [3.05, 3.63) is 42.0 Å². The van der Waals surface area contributed by atoms with Crippen LogP contribution in [0.5, 0.6) is 5.75 Å². The topological polar surface area (TPSA) is 55.8 Å². The molecular weight excluding hydrogens is 258 g/mol. The molecule has 0 radical (unpaired) electrons. The van der Waals surface area contributed by atoms with Gasteiger partial charge in [-0.05, 0) is 35.0 Å². The van der Waals surface area contributed by atoms with Crippen LogP contribution in [-0.4, -0.2) is 38.2 Å². The number of hydrogen-bond donors (Lipinski definition) is 0. The summed E-state index contributed by atoms with van der Waals surface area (Å²) in [5.41, 5.74) is 0.484. The molecule has 104 valence electrons. The molecule has 0 saturated carbocycles. The van der Waals surface area contributed by atoms with E-state index in [1.165, 1.54) is 12.0 Å². The molecule has 0 spiro atoms. The van der Waals surface area contributed by atoms with Crippen LogP contribution in [0.1, 0.15) is 10.4 Å². The van der Waals surface area contributed by atoms with E-state index in [0.29, 0.717) is 11.3 Å². The van der Waals surface area contributed by atoms with Crippen molar-refractivity contribution in [1.29, 1.82) is 0 Å². The fraction of sp³-hybridized carbons (Fsp3) is 0.200. The molecule has 0 aliphatic rings. The Morgan fingerprint density at radius 3 is 2.30 bits per heavy atom. The van der Waals surface area contributed by atoms with Crippen molar-refractivity contribution in [3.63, 3.8) is 0 Å². The first-order valence-corrected chi connectivity index (χ1v) is 6.02. The predicted octanol–water partition coefficient (Wildman–Crippen LogP) is 2.69. The number of methoxy groups -OCH3 is 1. The van der Waals surface area contributed by atoms with Crippen molar-refractivity contribution in [1.82, 2.24) is 4.90 Å². The molecule has 5 heteroatoms. The molecule has 0 aliphatic carbocycles. The van der Waals surface area contributed by atoms with Gasteiger partial charge < -0.3 is 14.4 Å². The van der Waals surface area contributed by atoms with Gasteiger partial charge in [0.15, 0.2) is 0 Å². The van der Waals surface area contributed by atoms with Gasteiger partial charge in [-0.15, -0.1) is 0 Å². The summed E-state index contributed by atoms with van der Waals surface area (Å²) in [5.74, 6) is 0.0806. The van der Waals surface area contributed by atoms with E-state index in [1.807, 2.05) is 0 Å². The fourth-order valence-electron chi connectivity index (χ4n) is 1.72. The van der Waals surface area contributed by atoms with Crippen molar-refractivity contribution in [3.8, 4) is 5.75 Å². The van der Waals surface area contributed by atoms with Crippen LogP contribution in [-0.2, 0) is 4.74 Å². The molecule has 0 unspecified atom stereocenters. The Morgan fingerprint density at radius 2 is 1.65 bits per heavy atom. The number of carbonyl (C=O) groups excluding carboxylic acids is 2. The molecule has 2 aromatic carbocycles. The lowest BCUT2D eigenvalue weighted by atomic mass is 10.1. The molecule has 0 atom stereocenters. The molecule has 2 rings (SSSR count). The van der Waals surface area contributed by atoms with Gasteiger partial charge in [-0.1, -0.05) is 12.1 Å². The minimum absolute atomic E-state index is 0.380. The lowest BCUT2D eigenvalue weighted by Gasteiger charge is -2.11. The first-order chi connectivity index (χ1) is 9.51. The highest BCUT2D eigenvalue weighted by Gasteiger charge is 2.09. The average Bonchev–Trinajstić information content (AvgIpc) is 2.45. The number of rotatable bonds is 2. The lowest BCUT2D eigenvalue weighted by Crippen LogP contribution is -2.25. The van der Waals surface area contributed by atoms with Gasteiger partial charge in [0.2, 0.25) is 0 Å². The SMILES string of the molecule is COC(=O)c1ccc2cc(OC(=O)N(C)C)ccc2c1.